The zero-order valence-corrected chi connectivity index (χ0v) is 22.5. The molecule has 10 nitrogen and oxygen atoms in total. The minimum absolute atomic E-state index is 0.0572. The second-order valence-electron chi connectivity index (χ2n) is 9.81. The molecule has 3 aromatic heterocycles. The average molecular weight is 533 g/mol. The number of hydrogen-bond donors (Lipinski definition) is 2. The number of nitrogens with one attached hydrogen (secondary N) is 1. The Balaban J connectivity index is 1.80. The molecule has 3 rings (SSSR count). The van der Waals surface area contributed by atoms with E-state index in [1.165, 1.54) is 34.9 Å². The predicted octanol–water partition coefficient (Wildman–Crippen LogP) is 4.80. The van der Waals surface area contributed by atoms with Crippen molar-refractivity contribution in [1.29, 1.82) is 0 Å². The lowest BCUT2D eigenvalue weighted by atomic mass is 10.1. The number of alkyl carbamates (subject to hydrolysis) is 1. The van der Waals surface area contributed by atoms with Gasteiger partial charge in [0.1, 0.15) is 39.3 Å². The molecule has 1 unspecified atom stereocenters. The maximum atomic E-state index is 12.8. The smallest absolute Gasteiger partial charge is 0.408 e. The van der Waals surface area contributed by atoms with Gasteiger partial charge < -0.3 is 19.9 Å². The predicted molar refractivity (Wildman–Crippen MR) is 136 cm³/mol. The molecule has 0 aromatic carbocycles. The Morgan fingerprint density at radius 2 is 1.67 bits per heavy atom. The van der Waals surface area contributed by atoms with Gasteiger partial charge in [-0.15, -0.1) is 22.7 Å². The number of aromatic nitrogens is 3. The Morgan fingerprint density at radius 3 is 2.31 bits per heavy atom. The average Bonchev–Trinajstić information content (AvgIpc) is 3.40. The largest absolute Gasteiger partial charge is 0.478 e. The summed E-state index contributed by atoms with van der Waals surface area (Å²) in [5.41, 5.74) is -0.138. The molecule has 36 heavy (non-hydrogen) atoms. The number of nitrogens with zero attached hydrogens (tertiary/aromatic N) is 3. The number of aromatic carboxylic acids is 1. The number of ether oxygens (including phenoxy) is 2. The third kappa shape index (κ3) is 7.56. The van der Waals surface area contributed by atoms with Gasteiger partial charge in [-0.1, -0.05) is 0 Å². The fourth-order valence-corrected chi connectivity index (χ4v) is 4.64. The van der Waals surface area contributed by atoms with Crippen LogP contribution in [0.1, 0.15) is 56.9 Å². The van der Waals surface area contributed by atoms with E-state index in [4.69, 9.17) is 9.47 Å². The van der Waals surface area contributed by atoms with Crippen LogP contribution in [0.3, 0.4) is 0 Å². The Kier molecular flexibility index (Phi) is 8.09. The number of thiazole rings is 2. The number of carbonyl (C=O) groups excluding carboxylic acids is 2. The first kappa shape index (κ1) is 27.2. The van der Waals surface area contributed by atoms with Gasteiger partial charge in [-0.05, 0) is 53.7 Å². The van der Waals surface area contributed by atoms with Gasteiger partial charge >= 0.3 is 18.0 Å². The fraction of sp³-hybridized carbons (Fsp3) is 0.417. The first-order chi connectivity index (χ1) is 16.7. The van der Waals surface area contributed by atoms with Gasteiger partial charge in [-0.3, -0.25) is 4.98 Å². The van der Waals surface area contributed by atoms with Gasteiger partial charge in [0.25, 0.3) is 0 Å². The monoisotopic (exact) mass is 532 g/mol. The summed E-state index contributed by atoms with van der Waals surface area (Å²) in [5, 5.41) is 16.7. The van der Waals surface area contributed by atoms with E-state index in [0.717, 1.165) is 0 Å². The first-order valence-corrected chi connectivity index (χ1v) is 12.8. The van der Waals surface area contributed by atoms with Crippen molar-refractivity contribution in [3.05, 3.63) is 39.7 Å². The molecule has 0 saturated carbocycles. The first-order valence-electron chi connectivity index (χ1n) is 11.0. The van der Waals surface area contributed by atoms with E-state index in [2.05, 4.69) is 20.3 Å². The van der Waals surface area contributed by atoms with E-state index < -0.39 is 35.3 Å². The minimum atomic E-state index is -1.09. The maximum Gasteiger partial charge on any atom is 0.408 e. The van der Waals surface area contributed by atoms with Crippen molar-refractivity contribution in [3.63, 3.8) is 0 Å². The standard InChI is InChI=1S/C24H28N4O6S2/c1-23(2,3)33-21(31)14(28-22(32)34-24(4,5)6)10-17-26-16(12-35-17)19-27-15(11-36-19)18-13(20(29)30)8-7-9-25-18/h7-9,11-12,14H,10H2,1-6H3,(H,28,32)(H,29,30). The quantitative estimate of drug-likeness (QED) is 0.410. The van der Waals surface area contributed by atoms with Crippen LogP contribution in [-0.4, -0.2) is 55.3 Å². The van der Waals surface area contributed by atoms with Crippen LogP contribution in [0.25, 0.3) is 22.1 Å². The topological polar surface area (TPSA) is 141 Å². The van der Waals surface area contributed by atoms with E-state index in [1.807, 2.05) is 0 Å². The van der Waals surface area contributed by atoms with Crippen molar-refractivity contribution in [2.24, 2.45) is 0 Å². The molecule has 0 aliphatic rings. The van der Waals surface area contributed by atoms with Crippen LogP contribution in [0.2, 0.25) is 0 Å². The molecule has 1 amide bonds. The van der Waals surface area contributed by atoms with Crippen molar-refractivity contribution in [1.82, 2.24) is 20.3 Å². The van der Waals surface area contributed by atoms with Gasteiger partial charge in [0.15, 0.2) is 0 Å². The van der Waals surface area contributed by atoms with E-state index >= 15 is 0 Å². The normalized spacial score (nSPS) is 12.6. The molecular weight excluding hydrogens is 504 g/mol. The number of carboxylic acids is 1. The molecule has 192 valence electrons. The van der Waals surface area contributed by atoms with Gasteiger partial charge in [-0.25, -0.2) is 24.4 Å². The second-order valence-corrected chi connectivity index (χ2v) is 11.6. The van der Waals surface area contributed by atoms with Crippen LogP contribution in [-0.2, 0) is 20.7 Å². The zero-order valence-electron chi connectivity index (χ0n) is 20.8. The van der Waals surface area contributed by atoms with E-state index in [-0.39, 0.29) is 17.7 Å². The second kappa shape index (κ2) is 10.7. The molecule has 0 radical (unpaired) electrons. The number of pyridine rings is 1. The molecule has 0 saturated heterocycles. The van der Waals surface area contributed by atoms with Crippen LogP contribution >= 0.6 is 22.7 Å². The van der Waals surface area contributed by atoms with Crippen molar-refractivity contribution in [2.45, 2.75) is 65.2 Å². The number of rotatable bonds is 7. The lowest BCUT2D eigenvalue weighted by Crippen LogP contribution is -2.47. The molecule has 3 aromatic rings. The van der Waals surface area contributed by atoms with Crippen molar-refractivity contribution < 1.29 is 29.0 Å². The van der Waals surface area contributed by atoms with Crippen molar-refractivity contribution in [3.8, 4) is 22.1 Å². The summed E-state index contributed by atoms with van der Waals surface area (Å²) in [5.74, 6) is -1.69. The molecular formula is C24H28N4O6S2. The van der Waals surface area contributed by atoms with Gasteiger partial charge in [-0.2, -0.15) is 0 Å². The summed E-state index contributed by atoms with van der Waals surface area (Å²) >= 11 is 2.61. The Morgan fingerprint density at radius 1 is 1.00 bits per heavy atom. The highest BCUT2D eigenvalue weighted by molar-refractivity contribution is 7.14. The number of amides is 1. The summed E-state index contributed by atoms with van der Waals surface area (Å²) in [6, 6.07) is 2.02. The van der Waals surface area contributed by atoms with Gasteiger partial charge in [0.2, 0.25) is 0 Å². The highest BCUT2D eigenvalue weighted by atomic mass is 32.1. The third-order valence-corrected chi connectivity index (χ3v) is 6.05. The summed E-state index contributed by atoms with van der Waals surface area (Å²) in [6.07, 6.45) is 0.876. The third-order valence-electron chi connectivity index (χ3n) is 4.32. The van der Waals surface area contributed by atoms with Crippen LogP contribution in [0.15, 0.2) is 29.1 Å². The van der Waals surface area contributed by atoms with Crippen molar-refractivity contribution >= 4 is 40.7 Å². The molecule has 1 atom stereocenters. The maximum absolute atomic E-state index is 12.8. The molecule has 3 heterocycles. The fourth-order valence-electron chi connectivity index (χ4n) is 2.98. The molecule has 0 bridgehead atoms. The van der Waals surface area contributed by atoms with E-state index in [1.54, 1.807) is 58.4 Å². The molecule has 2 N–H and O–H groups in total. The Bertz CT molecular complexity index is 1260. The number of hydrogen-bond acceptors (Lipinski definition) is 10. The Labute approximate surface area is 216 Å². The lowest BCUT2D eigenvalue weighted by molar-refractivity contribution is -0.157. The molecule has 0 aliphatic carbocycles. The lowest BCUT2D eigenvalue weighted by Gasteiger charge is -2.25. The summed E-state index contributed by atoms with van der Waals surface area (Å²) in [6.45, 7) is 10.4. The van der Waals surface area contributed by atoms with Crippen LogP contribution in [0.4, 0.5) is 4.79 Å². The van der Waals surface area contributed by atoms with E-state index in [9.17, 15) is 19.5 Å². The van der Waals surface area contributed by atoms with Crippen LogP contribution in [0.5, 0.6) is 0 Å². The van der Waals surface area contributed by atoms with Crippen LogP contribution < -0.4 is 5.32 Å². The number of carbonyl (C=O) groups is 3. The van der Waals surface area contributed by atoms with E-state index in [0.29, 0.717) is 21.4 Å². The highest BCUT2D eigenvalue weighted by Gasteiger charge is 2.30. The summed E-state index contributed by atoms with van der Waals surface area (Å²) < 4.78 is 10.8. The highest BCUT2D eigenvalue weighted by Crippen LogP contribution is 2.30. The Hall–Kier alpha value is -3.38. The van der Waals surface area contributed by atoms with Crippen LogP contribution in [0, 0.1) is 0 Å². The zero-order chi connectivity index (χ0) is 26.7. The molecule has 0 fully saturated rings. The molecule has 12 heteroatoms. The molecule has 0 aliphatic heterocycles. The van der Waals surface area contributed by atoms with Crippen molar-refractivity contribution in [2.75, 3.05) is 0 Å². The number of carboxylic acid groups (broad SMARTS) is 1. The summed E-state index contributed by atoms with van der Waals surface area (Å²) in [4.78, 5) is 49.9. The van der Waals surface area contributed by atoms with Gasteiger partial charge in [0, 0.05) is 23.4 Å². The number of esters is 1. The SMILES string of the molecule is CC(C)(C)OC(=O)NC(Cc1nc(-c2nc(-c3ncccc3C(=O)O)cs2)cs1)C(=O)OC(C)(C)C. The minimum Gasteiger partial charge on any atom is -0.478 e. The molecule has 0 spiro atoms. The summed E-state index contributed by atoms with van der Waals surface area (Å²) in [7, 11) is 0. The van der Waals surface area contributed by atoms with Gasteiger partial charge in [0.05, 0.1) is 10.6 Å².